The van der Waals surface area contributed by atoms with Crippen LogP contribution in [0.25, 0.3) is 0 Å². The van der Waals surface area contributed by atoms with Crippen LogP contribution >= 0.6 is 11.6 Å². The number of carboxylic acid groups (broad SMARTS) is 1. The van der Waals surface area contributed by atoms with Gasteiger partial charge in [-0.1, -0.05) is 23.7 Å². The summed E-state index contributed by atoms with van der Waals surface area (Å²) in [5.41, 5.74) is 2.28. The number of pyridine rings is 1. The Bertz CT molecular complexity index is 988. The van der Waals surface area contributed by atoms with Crippen LogP contribution in [0.15, 0.2) is 30.3 Å². The standard InChI is InChI=1S/C24H30ClFN4O3/c1-30(14-3-2-7-17-11-10-16-6-5-13-27-22(16)28-17)15-12-20(24(32)33)29-23(31)18-8-4-9-19(26)21(18)25/h4,8-11,20H,2-3,5-7,12-15H2,1H3,(H,27,28)(H,29,31)(H,32,33). The summed E-state index contributed by atoms with van der Waals surface area (Å²) in [7, 11) is 1.92. The fraction of sp³-hybridized carbons (Fsp3) is 0.458. The van der Waals surface area contributed by atoms with Crippen molar-refractivity contribution < 1.29 is 19.1 Å². The fourth-order valence-corrected chi connectivity index (χ4v) is 4.04. The number of nitrogens with one attached hydrogen (secondary N) is 2. The van der Waals surface area contributed by atoms with Crippen molar-refractivity contribution in [3.05, 3.63) is 58.0 Å². The molecule has 1 aromatic heterocycles. The van der Waals surface area contributed by atoms with E-state index in [1.54, 1.807) is 0 Å². The van der Waals surface area contributed by atoms with E-state index in [1.807, 2.05) is 11.9 Å². The number of aromatic nitrogens is 1. The first-order valence-electron chi connectivity index (χ1n) is 11.2. The molecule has 1 aromatic carbocycles. The maximum Gasteiger partial charge on any atom is 0.326 e. The number of hydrogen-bond donors (Lipinski definition) is 3. The van der Waals surface area contributed by atoms with E-state index in [0.29, 0.717) is 6.54 Å². The zero-order valence-electron chi connectivity index (χ0n) is 18.7. The highest BCUT2D eigenvalue weighted by atomic mass is 35.5. The van der Waals surface area contributed by atoms with E-state index in [2.05, 4.69) is 22.8 Å². The summed E-state index contributed by atoms with van der Waals surface area (Å²) in [5, 5.41) is 15.0. The molecule has 0 bridgehead atoms. The molecule has 2 aromatic rings. The number of halogens is 2. The highest BCUT2D eigenvalue weighted by Gasteiger charge is 2.23. The van der Waals surface area contributed by atoms with E-state index in [4.69, 9.17) is 16.6 Å². The molecule has 0 fully saturated rings. The predicted octanol–water partition coefficient (Wildman–Crippen LogP) is 3.76. The number of benzene rings is 1. The SMILES string of the molecule is CN(CCCCc1ccc2c(n1)NCCC2)CCC(NC(=O)c1cccc(F)c1Cl)C(=O)O. The zero-order chi connectivity index (χ0) is 23.8. The Morgan fingerprint density at radius 1 is 1.27 bits per heavy atom. The highest BCUT2D eigenvalue weighted by Crippen LogP contribution is 2.21. The van der Waals surface area contributed by atoms with Gasteiger partial charge in [-0.2, -0.15) is 0 Å². The molecule has 9 heteroatoms. The van der Waals surface area contributed by atoms with Crippen LogP contribution in [0.5, 0.6) is 0 Å². The first-order chi connectivity index (χ1) is 15.8. The minimum atomic E-state index is -1.14. The van der Waals surface area contributed by atoms with Gasteiger partial charge in [0.25, 0.3) is 5.91 Å². The summed E-state index contributed by atoms with van der Waals surface area (Å²) in [6.45, 7) is 2.27. The zero-order valence-corrected chi connectivity index (χ0v) is 19.5. The number of nitrogens with zero attached hydrogens (tertiary/aromatic N) is 2. The van der Waals surface area contributed by atoms with Crippen molar-refractivity contribution in [1.29, 1.82) is 0 Å². The van der Waals surface area contributed by atoms with Crippen LogP contribution in [-0.4, -0.2) is 59.6 Å². The molecule has 0 spiro atoms. The first-order valence-corrected chi connectivity index (χ1v) is 11.6. The Balaban J connectivity index is 1.40. The van der Waals surface area contributed by atoms with E-state index >= 15 is 0 Å². The molecule has 1 atom stereocenters. The number of anilines is 1. The molecule has 0 saturated heterocycles. The molecule has 33 heavy (non-hydrogen) atoms. The molecule has 1 unspecified atom stereocenters. The summed E-state index contributed by atoms with van der Waals surface area (Å²) >= 11 is 5.83. The van der Waals surface area contributed by atoms with Gasteiger partial charge in [0, 0.05) is 18.8 Å². The molecule has 0 saturated carbocycles. The lowest BCUT2D eigenvalue weighted by molar-refractivity contribution is -0.139. The number of unbranched alkanes of at least 4 members (excludes halogenated alkanes) is 1. The minimum Gasteiger partial charge on any atom is -0.480 e. The number of aryl methyl sites for hydroxylation is 2. The second-order valence-electron chi connectivity index (χ2n) is 8.36. The van der Waals surface area contributed by atoms with Gasteiger partial charge in [-0.15, -0.1) is 0 Å². The van der Waals surface area contributed by atoms with Crippen molar-refractivity contribution in [1.82, 2.24) is 15.2 Å². The summed E-state index contributed by atoms with van der Waals surface area (Å²) in [6, 6.07) is 7.02. The monoisotopic (exact) mass is 476 g/mol. The molecule has 3 rings (SSSR count). The molecule has 178 valence electrons. The molecule has 1 aliphatic heterocycles. The van der Waals surface area contributed by atoms with Gasteiger partial charge in [0.2, 0.25) is 0 Å². The quantitative estimate of drug-likeness (QED) is 0.427. The maximum atomic E-state index is 13.6. The van der Waals surface area contributed by atoms with Crippen LogP contribution in [0, 0.1) is 5.82 Å². The Hall–Kier alpha value is -2.71. The Morgan fingerprint density at radius 2 is 2.09 bits per heavy atom. The largest absolute Gasteiger partial charge is 0.480 e. The number of hydrogen-bond acceptors (Lipinski definition) is 5. The second kappa shape index (κ2) is 12.0. The molecular formula is C24H30ClFN4O3. The average Bonchev–Trinajstić information content (AvgIpc) is 2.80. The molecule has 3 N–H and O–H groups in total. The van der Waals surface area contributed by atoms with Crippen LogP contribution in [0.2, 0.25) is 5.02 Å². The van der Waals surface area contributed by atoms with E-state index in [0.717, 1.165) is 62.8 Å². The van der Waals surface area contributed by atoms with Crippen molar-refractivity contribution in [3.8, 4) is 0 Å². The van der Waals surface area contributed by atoms with Gasteiger partial charge in [-0.05, 0) is 75.9 Å². The highest BCUT2D eigenvalue weighted by molar-refractivity contribution is 6.34. The lowest BCUT2D eigenvalue weighted by atomic mass is 10.1. The van der Waals surface area contributed by atoms with E-state index in [1.165, 1.54) is 17.7 Å². The number of fused-ring (bicyclic) bond motifs is 1. The minimum absolute atomic E-state index is 0.0812. The Labute approximate surface area is 198 Å². The number of carbonyl (C=O) groups is 2. The van der Waals surface area contributed by atoms with E-state index in [9.17, 15) is 19.1 Å². The predicted molar refractivity (Wildman–Crippen MR) is 126 cm³/mol. The van der Waals surface area contributed by atoms with Crippen LogP contribution in [0.4, 0.5) is 10.2 Å². The number of carboxylic acids is 1. The lowest BCUT2D eigenvalue weighted by Crippen LogP contribution is -2.43. The molecule has 1 aliphatic rings. The fourth-order valence-electron chi connectivity index (χ4n) is 3.83. The molecular weight excluding hydrogens is 447 g/mol. The maximum absolute atomic E-state index is 13.6. The number of rotatable bonds is 11. The lowest BCUT2D eigenvalue weighted by Gasteiger charge is -2.20. The summed E-state index contributed by atoms with van der Waals surface area (Å²) in [4.78, 5) is 30.7. The summed E-state index contributed by atoms with van der Waals surface area (Å²) in [6.07, 6.45) is 5.27. The second-order valence-corrected chi connectivity index (χ2v) is 8.73. The first kappa shape index (κ1) is 24.9. The van der Waals surface area contributed by atoms with Crippen LogP contribution in [0.1, 0.15) is 47.3 Å². The third kappa shape index (κ3) is 7.14. The Morgan fingerprint density at radius 3 is 2.88 bits per heavy atom. The van der Waals surface area contributed by atoms with Crippen LogP contribution < -0.4 is 10.6 Å². The third-order valence-corrected chi connectivity index (χ3v) is 6.16. The molecule has 1 amide bonds. The van der Waals surface area contributed by atoms with E-state index < -0.39 is 23.7 Å². The average molecular weight is 477 g/mol. The summed E-state index contributed by atoms with van der Waals surface area (Å²) in [5.74, 6) is -1.56. The van der Waals surface area contributed by atoms with Gasteiger partial charge in [-0.25, -0.2) is 14.2 Å². The summed E-state index contributed by atoms with van der Waals surface area (Å²) < 4.78 is 13.6. The van der Waals surface area contributed by atoms with Gasteiger partial charge in [0.15, 0.2) is 0 Å². The Kier molecular flexibility index (Phi) is 9.03. The van der Waals surface area contributed by atoms with Gasteiger partial charge < -0.3 is 20.6 Å². The smallest absolute Gasteiger partial charge is 0.326 e. The topological polar surface area (TPSA) is 94.6 Å². The van der Waals surface area contributed by atoms with Crippen LogP contribution in [0.3, 0.4) is 0 Å². The van der Waals surface area contributed by atoms with Crippen molar-refractivity contribution >= 4 is 29.3 Å². The van der Waals surface area contributed by atoms with Gasteiger partial charge in [0.1, 0.15) is 17.7 Å². The van der Waals surface area contributed by atoms with Crippen molar-refractivity contribution in [2.45, 2.75) is 44.6 Å². The molecule has 0 aliphatic carbocycles. The molecule has 0 radical (unpaired) electrons. The van der Waals surface area contributed by atoms with Gasteiger partial charge in [-0.3, -0.25) is 4.79 Å². The van der Waals surface area contributed by atoms with Gasteiger partial charge >= 0.3 is 5.97 Å². The van der Waals surface area contributed by atoms with Crippen molar-refractivity contribution in [2.75, 3.05) is 32.0 Å². The third-order valence-electron chi connectivity index (χ3n) is 5.77. The molecule has 7 nitrogen and oxygen atoms in total. The van der Waals surface area contributed by atoms with Crippen molar-refractivity contribution in [2.24, 2.45) is 0 Å². The van der Waals surface area contributed by atoms with Crippen molar-refractivity contribution in [3.63, 3.8) is 0 Å². The molecule has 2 heterocycles. The van der Waals surface area contributed by atoms with E-state index in [-0.39, 0.29) is 17.0 Å². The normalized spacial score (nSPS) is 13.8. The number of carbonyl (C=O) groups excluding carboxylic acids is 1. The number of amides is 1. The number of aliphatic carboxylic acids is 1. The van der Waals surface area contributed by atoms with Crippen LogP contribution in [-0.2, 0) is 17.6 Å². The van der Waals surface area contributed by atoms with Gasteiger partial charge in [0.05, 0.1) is 10.6 Å².